The molecule has 3 heterocycles. The molecule has 1 aromatic heterocycles. The molecule has 8 heteroatoms. The van der Waals surface area contributed by atoms with Crippen molar-refractivity contribution in [3.63, 3.8) is 0 Å². The van der Waals surface area contributed by atoms with Crippen LogP contribution in [0.4, 0.5) is 0 Å². The summed E-state index contributed by atoms with van der Waals surface area (Å²) in [6, 6.07) is 9.24. The highest BCUT2D eigenvalue weighted by atomic mass is 16.5. The Balaban J connectivity index is 1.61. The van der Waals surface area contributed by atoms with Gasteiger partial charge in [-0.15, -0.1) is 0 Å². The van der Waals surface area contributed by atoms with E-state index in [1.165, 1.54) is 0 Å². The van der Waals surface area contributed by atoms with Gasteiger partial charge in [-0.3, -0.25) is 19.5 Å². The Morgan fingerprint density at radius 2 is 1.86 bits per heavy atom. The van der Waals surface area contributed by atoms with Crippen molar-refractivity contribution in [1.82, 2.24) is 20.1 Å². The van der Waals surface area contributed by atoms with Crippen LogP contribution >= 0.6 is 0 Å². The summed E-state index contributed by atoms with van der Waals surface area (Å²) < 4.78 is 10.8. The van der Waals surface area contributed by atoms with E-state index in [2.05, 4.69) is 15.2 Å². The fourth-order valence-corrected chi connectivity index (χ4v) is 5.16. The minimum Gasteiger partial charge on any atom is -0.497 e. The number of ether oxygens (including phenoxy) is 2. The highest BCUT2D eigenvalue weighted by molar-refractivity contribution is 5.97. The average molecular weight is 481 g/mol. The third-order valence-electron chi connectivity index (χ3n) is 7.12. The standard InChI is InChI=1S/C27H36N4O4/c1-34-21-7-8-23(25(17-21)35-2)27(33)31-16-11-22-24(19-31)30(18-20-9-13-28-14-10-20)15-6-4-3-5-12-29-26(22)32/h7-10,13-14,17,22,24H,3-6,11-12,15-16,18-19H2,1-2H3,(H,29,32). The normalized spacial score (nSPS) is 21.9. The van der Waals surface area contributed by atoms with Gasteiger partial charge in [0, 0.05) is 50.7 Å². The number of aromatic nitrogens is 1. The molecule has 1 N–H and O–H groups in total. The van der Waals surface area contributed by atoms with Gasteiger partial charge in [0.05, 0.1) is 25.7 Å². The Hall–Kier alpha value is -3.13. The quantitative estimate of drug-likeness (QED) is 0.708. The van der Waals surface area contributed by atoms with Gasteiger partial charge >= 0.3 is 0 Å². The van der Waals surface area contributed by atoms with Crippen molar-refractivity contribution in [3.05, 3.63) is 53.9 Å². The van der Waals surface area contributed by atoms with Crippen molar-refractivity contribution in [2.24, 2.45) is 5.92 Å². The van der Waals surface area contributed by atoms with Crippen LogP contribution in [0, 0.1) is 5.92 Å². The van der Waals surface area contributed by atoms with E-state index in [9.17, 15) is 9.59 Å². The van der Waals surface area contributed by atoms with E-state index in [0.717, 1.165) is 50.9 Å². The Morgan fingerprint density at radius 1 is 1.06 bits per heavy atom. The molecule has 0 spiro atoms. The van der Waals surface area contributed by atoms with E-state index >= 15 is 0 Å². The van der Waals surface area contributed by atoms with E-state index in [-0.39, 0.29) is 23.8 Å². The zero-order chi connectivity index (χ0) is 24.6. The topological polar surface area (TPSA) is 84.0 Å². The van der Waals surface area contributed by atoms with Crippen molar-refractivity contribution in [1.29, 1.82) is 0 Å². The predicted octanol–water partition coefficient (Wildman–Crippen LogP) is 3.12. The molecule has 2 unspecified atom stereocenters. The first kappa shape index (κ1) is 25.0. The van der Waals surface area contributed by atoms with Gasteiger partial charge in [0.1, 0.15) is 11.5 Å². The Labute approximate surface area is 207 Å². The van der Waals surface area contributed by atoms with E-state index < -0.39 is 0 Å². The van der Waals surface area contributed by atoms with Crippen molar-refractivity contribution in [3.8, 4) is 11.5 Å². The third kappa shape index (κ3) is 6.11. The minimum absolute atomic E-state index is 0.0665. The van der Waals surface area contributed by atoms with E-state index in [0.29, 0.717) is 36.6 Å². The number of rotatable bonds is 5. The monoisotopic (exact) mass is 480 g/mol. The lowest BCUT2D eigenvalue weighted by molar-refractivity contribution is -0.129. The first-order valence-electron chi connectivity index (χ1n) is 12.5. The second-order valence-electron chi connectivity index (χ2n) is 9.31. The van der Waals surface area contributed by atoms with Gasteiger partial charge < -0.3 is 19.7 Å². The van der Waals surface area contributed by atoms with Gasteiger partial charge in [-0.2, -0.15) is 0 Å². The number of amides is 2. The number of pyridine rings is 1. The smallest absolute Gasteiger partial charge is 0.257 e. The maximum atomic E-state index is 13.6. The number of hydrogen-bond acceptors (Lipinski definition) is 6. The van der Waals surface area contributed by atoms with Crippen molar-refractivity contribution in [2.45, 2.75) is 44.7 Å². The molecule has 35 heavy (non-hydrogen) atoms. The van der Waals surface area contributed by atoms with Gasteiger partial charge in [-0.25, -0.2) is 0 Å². The van der Waals surface area contributed by atoms with E-state index in [1.807, 2.05) is 17.0 Å². The summed E-state index contributed by atoms with van der Waals surface area (Å²) in [5, 5.41) is 3.16. The molecule has 1 aromatic carbocycles. The SMILES string of the molecule is COc1ccc(C(=O)N2CCC3C(=O)NCCCCCCN(Cc4ccncc4)C3C2)c(OC)c1. The van der Waals surface area contributed by atoms with Gasteiger partial charge in [-0.1, -0.05) is 12.8 Å². The highest BCUT2D eigenvalue weighted by Gasteiger charge is 2.39. The van der Waals surface area contributed by atoms with Crippen LogP contribution in [0.1, 0.15) is 48.0 Å². The van der Waals surface area contributed by atoms with Crippen molar-refractivity contribution < 1.29 is 19.1 Å². The van der Waals surface area contributed by atoms with Gasteiger partial charge in [-0.05, 0) is 55.6 Å². The summed E-state index contributed by atoms with van der Waals surface area (Å²) in [7, 11) is 3.15. The van der Waals surface area contributed by atoms with Crippen LogP contribution in [0.2, 0.25) is 0 Å². The average Bonchev–Trinajstić information content (AvgIpc) is 2.93. The van der Waals surface area contributed by atoms with Crippen LogP contribution in [0.5, 0.6) is 11.5 Å². The fraction of sp³-hybridized carbons (Fsp3) is 0.519. The van der Waals surface area contributed by atoms with E-state index in [4.69, 9.17) is 9.47 Å². The number of carbonyl (C=O) groups is 2. The number of carbonyl (C=O) groups excluding carboxylic acids is 2. The van der Waals surface area contributed by atoms with Crippen LogP contribution in [0.3, 0.4) is 0 Å². The predicted molar refractivity (Wildman–Crippen MR) is 133 cm³/mol. The number of likely N-dealkylation sites (tertiary alicyclic amines) is 1. The number of nitrogens with zero attached hydrogens (tertiary/aromatic N) is 3. The largest absolute Gasteiger partial charge is 0.497 e. The molecular formula is C27H36N4O4. The van der Waals surface area contributed by atoms with Crippen LogP contribution in [0.15, 0.2) is 42.7 Å². The zero-order valence-electron chi connectivity index (χ0n) is 20.7. The lowest BCUT2D eigenvalue weighted by Crippen LogP contribution is -2.57. The maximum absolute atomic E-state index is 13.6. The summed E-state index contributed by atoms with van der Waals surface area (Å²) in [5.41, 5.74) is 1.67. The Morgan fingerprint density at radius 3 is 2.63 bits per heavy atom. The molecule has 8 nitrogen and oxygen atoms in total. The summed E-state index contributed by atoms with van der Waals surface area (Å²) in [4.78, 5) is 35.2. The molecule has 2 atom stereocenters. The molecule has 2 amide bonds. The first-order valence-corrected chi connectivity index (χ1v) is 12.5. The van der Waals surface area contributed by atoms with Gasteiger partial charge in [0.25, 0.3) is 5.91 Å². The van der Waals surface area contributed by atoms with Crippen molar-refractivity contribution in [2.75, 3.05) is 40.4 Å². The van der Waals surface area contributed by atoms with Crippen LogP contribution in [-0.4, -0.2) is 73.0 Å². The molecule has 2 aromatic rings. The lowest BCUT2D eigenvalue weighted by Gasteiger charge is -2.43. The van der Waals surface area contributed by atoms with Crippen LogP contribution in [0.25, 0.3) is 0 Å². The zero-order valence-corrected chi connectivity index (χ0v) is 20.7. The highest BCUT2D eigenvalue weighted by Crippen LogP contribution is 2.30. The summed E-state index contributed by atoms with van der Waals surface area (Å²) in [6.45, 7) is 3.37. The van der Waals surface area contributed by atoms with Crippen molar-refractivity contribution >= 4 is 11.8 Å². The Kier molecular flexibility index (Phi) is 8.58. The molecule has 0 aliphatic carbocycles. The van der Waals surface area contributed by atoms with Crippen LogP contribution in [-0.2, 0) is 11.3 Å². The number of fused-ring (bicyclic) bond motifs is 1. The first-order chi connectivity index (χ1) is 17.1. The molecule has 4 rings (SSSR count). The van der Waals surface area contributed by atoms with Crippen LogP contribution < -0.4 is 14.8 Å². The molecule has 0 radical (unpaired) electrons. The molecule has 0 bridgehead atoms. The summed E-state index contributed by atoms with van der Waals surface area (Å²) in [6.07, 6.45) is 8.56. The molecular weight excluding hydrogens is 444 g/mol. The number of nitrogens with one attached hydrogen (secondary N) is 1. The molecule has 2 aliphatic heterocycles. The molecule has 188 valence electrons. The fourth-order valence-electron chi connectivity index (χ4n) is 5.16. The van der Waals surface area contributed by atoms with E-state index in [1.54, 1.807) is 44.8 Å². The van der Waals surface area contributed by atoms with Gasteiger partial charge in [0.2, 0.25) is 5.91 Å². The minimum atomic E-state index is -0.156. The lowest BCUT2D eigenvalue weighted by atomic mass is 9.88. The molecule has 2 fully saturated rings. The number of methoxy groups -OCH3 is 2. The number of benzene rings is 1. The maximum Gasteiger partial charge on any atom is 0.257 e. The summed E-state index contributed by atoms with van der Waals surface area (Å²) in [5.74, 6) is 0.995. The molecule has 2 saturated heterocycles. The third-order valence-corrected chi connectivity index (χ3v) is 7.12. The number of piperidine rings is 1. The second kappa shape index (κ2) is 12.0. The second-order valence-corrected chi connectivity index (χ2v) is 9.31. The molecule has 2 aliphatic rings. The van der Waals surface area contributed by atoms with Gasteiger partial charge in [0.15, 0.2) is 0 Å². The number of hydrogen-bond donors (Lipinski definition) is 1. The summed E-state index contributed by atoms with van der Waals surface area (Å²) >= 11 is 0. The Bertz CT molecular complexity index is 1000. The molecule has 0 saturated carbocycles.